The predicted molar refractivity (Wildman–Crippen MR) is 85.7 cm³/mol. The Hall–Kier alpha value is -1.52. The second kappa shape index (κ2) is 6.96. The Morgan fingerprint density at radius 1 is 1.33 bits per heavy atom. The molecule has 2 rings (SSSR count). The summed E-state index contributed by atoms with van der Waals surface area (Å²) in [5.74, 6) is 0.880. The summed E-state index contributed by atoms with van der Waals surface area (Å²) in [5, 5.41) is 8.33. The average molecular weight is 308 g/mol. The number of rotatable bonds is 6. The Balaban J connectivity index is 2.09. The van der Waals surface area contributed by atoms with E-state index in [0.29, 0.717) is 17.8 Å². The van der Waals surface area contributed by atoms with Crippen LogP contribution >= 0.6 is 11.6 Å². The molecule has 0 bridgehead atoms. The normalized spacial score (nSPS) is 11.1. The van der Waals surface area contributed by atoms with Gasteiger partial charge in [0.15, 0.2) is 0 Å². The van der Waals surface area contributed by atoms with Gasteiger partial charge in [-0.1, -0.05) is 43.6 Å². The van der Waals surface area contributed by atoms with E-state index in [0.717, 1.165) is 29.1 Å². The standard InChI is InChI=1S/C16H22ClN3O/c1-11(2)18-9-13-7-5-6-8-15(13)21-10-14-12(3)19-20(4)16(14)17/h5-8,11,18H,9-10H2,1-4H3. The van der Waals surface area contributed by atoms with E-state index >= 15 is 0 Å². The van der Waals surface area contributed by atoms with Crippen molar-refractivity contribution in [3.63, 3.8) is 0 Å². The lowest BCUT2D eigenvalue weighted by atomic mass is 10.2. The van der Waals surface area contributed by atoms with Gasteiger partial charge in [0, 0.05) is 30.8 Å². The summed E-state index contributed by atoms with van der Waals surface area (Å²) in [4.78, 5) is 0. The topological polar surface area (TPSA) is 39.1 Å². The molecule has 1 heterocycles. The Kier molecular flexibility index (Phi) is 5.26. The fraction of sp³-hybridized carbons (Fsp3) is 0.438. The highest BCUT2D eigenvalue weighted by Gasteiger charge is 2.12. The van der Waals surface area contributed by atoms with Crippen molar-refractivity contribution in [3.05, 3.63) is 46.2 Å². The third kappa shape index (κ3) is 3.99. The maximum atomic E-state index is 6.23. The van der Waals surface area contributed by atoms with Crippen LogP contribution in [0.1, 0.15) is 30.7 Å². The smallest absolute Gasteiger partial charge is 0.133 e. The van der Waals surface area contributed by atoms with E-state index in [-0.39, 0.29) is 0 Å². The van der Waals surface area contributed by atoms with Gasteiger partial charge in [0.1, 0.15) is 17.5 Å². The van der Waals surface area contributed by atoms with Crippen molar-refractivity contribution in [2.24, 2.45) is 7.05 Å². The lowest BCUT2D eigenvalue weighted by Gasteiger charge is -2.13. The summed E-state index contributed by atoms with van der Waals surface area (Å²) < 4.78 is 7.62. The number of benzene rings is 1. The van der Waals surface area contributed by atoms with Gasteiger partial charge in [-0.25, -0.2) is 0 Å². The molecule has 0 atom stereocenters. The monoisotopic (exact) mass is 307 g/mol. The van der Waals surface area contributed by atoms with Crippen LogP contribution in [0.15, 0.2) is 24.3 Å². The number of nitrogens with zero attached hydrogens (tertiary/aromatic N) is 2. The fourth-order valence-corrected chi connectivity index (χ4v) is 2.32. The number of nitrogens with one attached hydrogen (secondary N) is 1. The number of hydrogen-bond acceptors (Lipinski definition) is 3. The van der Waals surface area contributed by atoms with Crippen LogP contribution < -0.4 is 10.1 Å². The summed E-state index contributed by atoms with van der Waals surface area (Å²) >= 11 is 6.23. The number of ether oxygens (including phenoxy) is 1. The summed E-state index contributed by atoms with van der Waals surface area (Å²) in [5.41, 5.74) is 2.98. The van der Waals surface area contributed by atoms with Crippen LogP contribution in [-0.2, 0) is 20.2 Å². The van der Waals surface area contributed by atoms with Crippen molar-refractivity contribution >= 4 is 11.6 Å². The molecule has 0 aliphatic rings. The van der Waals surface area contributed by atoms with Crippen LogP contribution in [0.3, 0.4) is 0 Å². The van der Waals surface area contributed by atoms with Crippen LogP contribution in [0.25, 0.3) is 0 Å². The summed E-state index contributed by atoms with van der Waals surface area (Å²) in [6.45, 7) is 7.41. The highest BCUT2D eigenvalue weighted by atomic mass is 35.5. The molecule has 0 fully saturated rings. The first-order chi connectivity index (χ1) is 9.99. The van der Waals surface area contributed by atoms with E-state index in [9.17, 15) is 0 Å². The van der Waals surface area contributed by atoms with E-state index in [1.807, 2.05) is 32.2 Å². The molecule has 2 aromatic rings. The van der Waals surface area contributed by atoms with E-state index in [1.54, 1.807) is 4.68 Å². The van der Waals surface area contributed by atoms with Crippen molar-refractivity contribution < 1.29 is 4.74 Å². The SMILES string of the molecule is Cc1nn(C)c(Cl)c1COc1ccccc1CNC(C)C. The minimum Gasteiger partial charge on any atom is -0.488 e. The van der Waals surface area contributed by atoms with Crippen LogP contribution in [0.5, 0.6) is 5.75 Å². The molecule has 1 aromatic heterocycles. The zero-order valence-corrected chi connectivity index (χ0v) is 13.7. The van der Waals surface area contributed by atoms with E-state index in [2.05, 4.69) is 30.3 Å². The maximum absolute atomic E-state index is 6.23. The van der Waals surface area contributed by atoms with Gasteiger partial charge in [-0.2, -0.15) is 5.10 Å². The first-order valence-electron chi connectivity index (χ1n) is 7.11. The van der Waals surface area contributed by atoms with Gasteiger partial charge in [0.2, 0.25) is 0 Å². The minimum absolute atomic E-state index is 0.428. The predicted octanol–water partition coefficient (Wildman–Crippen LogP) is 3.46. The highest BCUT2D eigenvalue weighted by Crippen LogP contribution is 2.23. The van der Waals surface area contributed by atoms with Crippen LogP contribution in [0.4, 0.5) is 0 Å². The highest BCUT2D eigenvalue weighted by molar-refractivity contribution is 6.30. The van der Waals surface area contributed by atoms with E-state index < -0.39 is 0 Å². The minimum atomic E-state index is 0.428. The second-order valence-corrected chi connectivity index (χ2v) is 5.77. The molecule has 114 valence electrons. The molecule has 21 heavy (non-hydrogen) atoms. The van der Waals surface area contributed by atoms with Crippen molar-refractivity contribution in [3.8, 4) is 5.75 Å². The van der Waals surface area contributed by atoms with Gasteiger partial charge >= 0.3 is 0 Å². The van der Waals surface area contributed by atoms with Gasteiger partial charge in [-0.15, -0.1) is 0 Å². The average Bonchev–Trinajstić information content (AvgIpc) is 2.69. The molecule has 0 unspecified atom stereocenters. The van der Waals surface area contributed by atoms with Crippen LogP contribution in [-0.4, -0.2) is 15.8 Å². The summed E-state index contributed by atoms with van der Waals surface area (Å²) in [6, 6.07) is 8.49. The summed E-state index contributed by atoms with van der Waals surface area (Å²) in [7, 11) is 1.83. The van der Waals surface area contributed by atoms with Gasteiger partial charge < -0.3 is 10.1 Å². The second-order valence-electron chi connectivity index (χ2n) is 5.41. The Labute approximate surface area is 131 Å². The van der Waals surface area contributed by atoms with E-state index in [1.165, 1.54) is 0 Å². The molecule has 0 aliphatic carbocycles. The molecule has 1 N–H and O–H groups in total. The first kappa shape index (κ1) is 15.9. The molecule has 0 saturated carbocycles. The third-order valence-corrected chi connectivity index (χ3v) is 3.79. The Morgan fingerprint density at radius 2 is 2.05 bits per heavy atom. The Morgan fingerprint density at radius 3 is 2.67 bits per heavy atom. The van der Waals surface area contributed by atoms with Crippen molar-refractivity contribution in [1.29, 1.82) is 0 Å². The summed E-state index contributed by atoms with van der Waals surface area (Å²) in [6.07, 6.45) is 0. The quantitative estimate of drug-likeness (QED) is 0.888. The molecule has 0 radical (unpaired) electrons. The zero-order chi connectivity index (χ0) is 15.4. The molecule has 0 aliphatic heterocycles. The molecular formula is C16H22ClN3O. The number of aryl methyl sites for hydroxylation is 2. The molecule has 4 nitrogen and oxygen atoms in total. The molecule has 0 saturated heterocycles. The molecule has 0 amide bonds. The molecular weight excluding hydrogens is 286 g/mol. The van der Waals surface area contributed by atoms with Gasteiger partial charge in [-0.05, 0) is 13.0 Å². The lowest BCUT2D eigenvalue weighted by Crippen LogP contribution is -2.22. The van der Waals surface area contributed by atoms with Gasteiger partial charge in [0.05, 0.1) is 5.69 Å². The van der Waals surface area contributed by atoms with Crippen LogP contribution in [0.2, 0.25) is 5.15 Å². The van der Waals surface area contributed by atoms with Gasteiger partial charge in [-0.3, -0.25) is 4.68 Å². The van der Waals surface area contributed by atoms with Crippen molar-refractivity contribution in [1.82, 2.24) is 15.1 Å². The fourth-order valence-electron chi connectivity index (χ4n) is 2.09. The number of halogens is 1. The molecule has 1 aromatic carbocycles. The van der Waals surface area contributed by atoms with Crippen molar-refractivity contribution in [2.45, 2.75) is 40.0 Å². The maximum Gasteiger partial charge on any atom is 0.133 e. The van der Waals surface area contributed by atoms with Crippen molar-refractivity contribution in [2.75, 3.05) is 0 Å². The number of hydrogen-bond donors (Lipinski definition) is 1. The largest absolute Gasteiger partial charge is 0.488 e. The number of aromatic nitrogens is 2. The zero-order valence-electron chi connectivity index (χ0n) is 13.0. The Bertz CT molecular complexity index is 608. The number of para-hydroxylation sites is 1. The molecule has 5 heteroatoms. The van der Waals surface area contributed by atoms with Gasteiger partial charge in [0.25, 0.3) is 0 Å². The van der Waals surface area contributed by atoms with E-state index in [4.69, 9.17) is 16.3 Å². The third-order valence-electron chi connectivity index (χ3n) is 3.32. The lowest BCUT2D eigenvalue weighted by molar-refractivity contribution is 0.301. The van der Waals surface area contributed by atoms with Crippen LogP contribution in [0, 0.1) is 6.92 Å². The first-order valence-corrected chi connectivity index (χ1v) is 7.49. The molecule has 0 spiro atoms.